The number of hydrogen-bond donors (Lipinski definition) is 0. The summed E-state index contributed by atoms with van der Waals surface area (Å²) in [5.74, 6) is 0. The fraction of sp³-hybridized carbons (Fsp3) is 0.0476. The summed E-state index contributed by atoms with van der Waals surface area (Å²) in [5, 5.41) is 8.39. The molecule has 0 aliphatic heterocycles. The molecule has 23 heavy (non-hydrogen) atoms. The summed E-state index contributed by atoms with van der Waals surface area (Å²) in [6.45, 7) is 0. The second kappa shape index (κ2) is 4.50. The van der Waals surface area contributed by atoms with E-state index < -0.39 is 0 Å². The van der Waals surface area contributed by atoms with Crippen LogP contribution >= 0.6 is 11.6 Å². The van der Waals surface area contributed by atoms with Gasteiger partial charge in [-0.3, -0.25) is 0 Å². The zero-order chi connectivity index (χ0) is 15.6. The third-order valence-corrected chi connectivity index (χ3v) is 5.08. The predicted octanol–water partition coefficient (Wildman–Crippen LogP) is 6.29. The van der Waals surface area contributed by atoms with Crippen LogP contribution in [0.4, 0.5) is 0 Å². The van der Waals surface area contributed by atoms with Crippen molar-refractivity contribution in [2.45, 2.75) is 0 Å². The van der Waals surface area contributed by atoms with Crippen LogP contribution in [0.15, 0.2) is 66.7 Å². The summed E-state index contributed by atoms with van der Waals surface area (Å²) in [6, 6.07) is 23.6. The Morgan fingerprint density at radius 3 is 2.30 bits per heavy atom. The summed E-state index contributed by atoms with van der Waals surface area (Å²) in [4.78, 5) is 0. The first-order valence-electron chi connectivity index (χ1n) is 7.72. The Labute approximate surface area is 138 Å². The van der Waals surface area contributed by atoms with E-state index in [4.69, 9.17) is 11.6 Å². The van der Waals surface area contributed by atoms with Gasteiger partial charge in [-0.2, -0.15) is 0 Å². The van der Waals surface area contributed by atoms with Gasteiger partial charge >= 0.3 is 0 Å². The third kappa shape index (κ3) is 1.68. The van der Waals surface area contributed by atoms with Crippen LogP contribution in [0.2, 0.25) is 5.02 Å². The first kappa shape index (κ1) is 13.0. The highest BCUT2D eigenvalue weighted by atomic mass is 35.5. The summed E-state index contributed by atoms with van der Waals surface area (Å²) in [7, 11) is 2.15. The van der Waals surface area contributed by atoms with Gasteiger partial charge in [-0.25, -0.2) is 0 Å². The van der Waals surface area contributed by atoms with Gasteiger partial charge in [-0.05, 0) is 34.4 Å². The molecule has 1 heterocycles. The molecule has 5 rings (SSSR count). The first-order valence-corrected chi connectivity index (χ1v) is 8.10. The minimum Gasteiger partial charge on any atom is -0.343 e. The molecule has 4 aromatic carbocycles. The summed E-state index contributed by atoms with van der Waals surface area (Å²) in [5.41, 5.74) is 2.56. The van der Waals surface area contributed by atoms with Gasteiger partial charge in [0, 0.05) is 33.7 Å². The van der Waals surface area contributed by atoms with Crippen molar-refractivity contribution in [1.29, 1.82) is 0 Å². The van der Waals surface area contributed by atoms with E-state index in [0.29, 0.717) is 0 Å². The summed E-state index contributed by atoms with van der Waals surface area (Å²) in [6.07, 6.45) is 0. The number of hydrogen-bond acceptors (Lipinski definition) is 0. The van der Waals surface area contributed by atoms with Gasteiger partial charge in [-0.1, -0.05) is 60.1 Å². The van der Waals surface area contributed by atoms with E-state index in [9.17, 15) is 0 Å². The number of fused-ring (bicyclic) bond motifs is 7. The van der Waals surface area contributed by atoms with Crippen LogP contribution in [0.1, 0.15) is 0 Å². The number of aromatic nitrogens is 1. The number of para-hydroxylation sites is 1. The zero-order valence-electron chi connectivity index (χ0n) is 12.7. The Balaban J connectivity index is 2.06. The molecular weight excluding hydrogens is 302 g/mol. The lowest BCUT2D eigenvalue weighted by Gasteiger charge is -2.07. The average molecular weight is 316 g/mol. The van der Waals surface area contributed by atoms with Gasteiger partial charge in [0.1, 0.15) is 0 Å². The van der Waals surface area contributed by atoms with Crippen molar-refractivity contribution < 1.29 is 0 Å². The molecule has 0 N–H and O–H groups in total. The normalized spacial score (nSPS) is 11.9. The molecule has 0 radical (unpaired) electrons. The lowest BCUT2D eigenvalue weighted by Crippen LogP contribution is -1.88. The molecule has 0 bridgehead atoms. The molecule has 5 aromatic rings. The largest absolute Gasteiger partial charge is 0.343 e. The molecule has 0 atom stereocenters. The van der Waals surface area contributed by atoms with E-state index in [-0.39, 0.29) is 0 Å². The van der Waals surface area contributed by atoms with Crippen molar-refractivity contribution in [2.24, 2.45) is 7.05 Å². The van der Waals surface area contributed by atoms with Gasteiger partial charge in [0.25, 0.3) is 0 Å². The quantitative estimate of drug-likeness (QED) is 0.296. The monoisotopic (exact) mass is 315 g/mol. The maximum atomic E-state index is 6.14. The van der Waals surface area contributed by atoms with Crippen molar-refractivity contribution >= 4 is 55.0 Å². The SMILES string of the molecule is Cn1c2ccccc2c2ccc3c4ccc(Cl)cc4ccc3c21. The lowest BCUT2D eigenvalue weighted by atomic mass is 9.99. The molecule has 0 aliphatic carbocycles. The topological polar surface area (TPSA) is 4.93 Å². The van der Waals surface area contributed by atoms with Gasteiger partial charge in [0.05, 0.1) is 5.52 Å². The van der Waals surface area contributed by atoms with Crippen molar-refractivity contribution in [2.75, 3.05) is 0 Å². The lowest BCUT2D eigenvalue weighted by molar-refractivity contribution is 1.02. The Morgan fingerprint density at radius 2 is 1.39 bits per heavy atom. The average Bonchev–Trinajstić information content (AvgIpc) is 2.88. The van der Waals surface area contributed by atoms with E-state index in [1.165, 1.54) is 43.4 Å². The Bertz CT molecular complexity index is 1230. The van der Waals surface area contributed by atoms with Crippen molar-refractivity contribution in [1.82, 2.24) is 4.57 Å². The first-order chi connectivity index (χ1) is 11.2. The molecule has 1 nitrogen and oxygen atoms in total. The number of rotatable bonds is 0. The molecule has 0 spiro atoms. The Morgan fingerprint density at radius 1 is 0.696 bits per heavy atom. The van der Waals surface area contributed by atoms with Crippen molar-refractivity contribution in [3.8, 4) is 0 Å². The molecule has 0 amide bonds. The van der Waals surface area contributed by atoms with E-state index >= 15 is 0 Å². The molecule has 0 saturated carbocycles. The fourth-order valence-electron chi connectivity index (χ4n) is 3.79. The van der Waals surface area contributed by atoms with E-state index in [1.807, 2.05) is 12.1 Å². The van der Waals surface area contributed by atoms with Crippen molar-refractivity contribution in [3.63, 3.8) is 0 Å². The molecule has 1 aromatic heterocycles. The van der Waals surface area contributed by atoms with Gasteiger partial charge < -0.3 is 4.57 Å². The Hall–Kier alpha value is -2.51. The van der Waals surface area contributed by atoms with Gasteiger partial charge in [0.2, 0.25) is 0 Å². The number of benzene rings is 4. The van der Waals surface area contributed by atoms with Crippen LogP contribution in [0, 0.1) is 0 Å². The minimum absolute atomic E-state index is 0.780. The summed E-state index contributed by atoms with van der Waals surface area (Å²) < 4.78 is 2.30. The second-order valence-electron chi connectivity index (χ2n) is 6.06. The van der Waals surface area contributed by atoms with Crippen LogP contribution in [-0.2, 0) is 7.05 Å². The molecular formula is C21H14ClN. The third-order valence-electron chi connectivity index (χ3n) is 4.84. The maximum absolute atomic E-state index is 6.14. The fourth-order valence-corrected chi connectivity index (χ4v) is 3.98. The van der Waals surface area contributed by atoms with Crippen LogP contribution in [0.25, 0.3) is 43.4 Å². The molecule has 110 valence electrons. The smallest absolute Gasteiger partial charge is 0.0568 e. The van der Waals surface area contributed by atoms with Crippen LogP contribution in [0.5, 0.6) is 0 Å². The summed E-state index contributed by atoms with van der Waals surface area (Å²) >= 11 is 6.14. The second-order valence-corrected chi connectivity index (χ2v) is 6.50. The van der Waals surface area contributed by atoms with E-state index in [2.05, 4.69) is 66.2 Å². The van der Waals surface area contributed by atoms with Crippen LogP contribution in [-0.4, -0.2) is 4.57 Å². The molecule has 2 heteroatoms. The zero-order valence-corrected chi connectivity index (χ0v) is 13.4. The molecule has 0 fully saturated rings. The standard InChI is InChI=1S/C21H14ClN/c1-23-20-5-3-2-4-17(20)19-11-10-16-15-9-7-14(22)12-13(15)6-8-18(16)21(19)23/h2-12H,1H3. The number of aryl methyl sites for hydroxylation is 1. The highest BCUT2D eigenvalue weighted by Crippen LogP contribution is 2.36. The van der Waals surface area contributed by atoms with Crippen molar-refractivity contribution in [3.05, 3.63) is 71.8 Å². The number of halogens is 1. The maximum Gasteiger partial charge on any atom is 0.0568 e. The molecule has 0 unspecified atom stereocenters. The van der Waals surface area contributed by atoms with Gasteiger partial charge in [-0.15, -0.1) is 0 Å². The van der Waals surface area contributed by atoms with Crippen LogP contribution < -0.4 is 0 Å². The highest BCUT2D eigenvalue weighted by Gasteiger charge is 2.12. The number of nitrogens with zero attached hydrogens (tertiary/aromatic N) is 1. The van der Waals surface area contributed by atoms with E-state index in [1.54, 1.807) is 0 Å². The molecule has 0 aliphatic rings. The predicted molar refractivity (Wildman–Crippen MR) is 100 cm³/mol. The highest BCUT2D eigenvalue weighted by molar-refractivity contribution is 6.32. The molecule has 0 saturated heterocycles. The van der Waals surface area contributed by atoms with E-state index in [0.717, 1.165) is 5.02 Å². The minimum atomic E-state index is 0.780. The van der Waals surface area contributed by atoms with Gasteiger partial charge in [0.15, 0.2) is 0 Å². The van der Waals surface area contributed by atoms with Crippen LogP contribution in [0.3, 0.4) is 0 Å². The Kier molecular flexibility index (Phi) is 2.54.